The first-order chi connectivity index (χ1) is 12.4. The number of rotatable bonds is 6. The number of hydrogen-bond acceptors (Lipinski definition) is 4. The maximum absolute atomic E-state index is 5.87. The Morgan fingerprint density at radius 1 is 1.00 bits per heavy atom. The fraction of sp³-hybridized carbons (Fsp3) is 0.381. The molecule has 2 heterocycles. The van der Waals surface area contributed by atoms with Crippen LogP contribution in [0.1, 0.15) is 24.8 Å². The Balaban J connectivity index is 1.21. The minimum atomic E-state index is 0.622. The zero-order valence-corrected chi connectivity index (χ0v) is 14.4. The van der Waals surface area contributed by atoms with E-state index in [0.717, 1.165) is 29.9 Å². The summed E-state index contributed by atoms with van der Waals surface area (Å²) in [5.41, 5.74) is 2.19. The number of ether oxygens (including phenoxy) is 1. The van der Waals surface area contributed by atoms with Gasteiger partial charge in [0.1, 0.15) is 0 Å². The highest BCUT2D eigenvalue weighted by Gasteiger charge is 2.19. The second kappa shape index (κ2) is 7.70. The number of hydrogen-bond donors (Lipinski definition) is 0. The third-order valence-corrected chi connectivity index (χ3v) is 5.07. The Labute approximate surface area is 148 Å². The number of para-hydroxylation sites is 1. The van der Waals surface area contributed by atoms with Crippen LogP contribution in [0.3, 0.4) is 0 Å². The maximum Gasteiger partial charge on any atom is 0.262 e. The van der Waals surface area contributed by atoms with Crippen molar-refractivity contribution in [2.75, 3.05) is 19.7 Å². The van der Waals surface area contributed by atoms with Gasteiger partial charge in [-0.1, -0.05) is 42.5 Å². The van der Waals surface area contributed by atoms with Crippen LogP contribution in [-0.2, 0) is 6.54 Å². The van der Waals surface area contributed by atoms with Crippen molar-refractivity contribution in [2.24, 2.45) is 5.92 Å². The van der Waals surface area contributed by atoms with Crippen LogP contribution in [0.25, 0.3) is 11.0 Å². The van der Waals surface area contributed by atoms with E-state index >= 15 is 0 Å². The van der Waals surface area contributed by atoms with Gasteiger partial charge in [0.25, 0.3) is 5.88 Å². The number of aromatic nitrogens is 1. The molecule has 0 spiro atoms. The molecule has 0 bridgehead atoms. The molecule has 130 valence electrons. The summed E-state index contributed by atoms with van der Waals surface area (Å²) in [5, 5.41) is 4.99. The second-order valence-corrected chi connectivity index (χ2v) is 6.83. The lowest BCUT2D eigenvalue weighted by atomic mass is 9.93. The van der Waals surface area contributed by atoms with Crippen molar-refractivity contribution in [3.05, 3.63) is 60.2 Å². The van der Waals surface area contributed by atoms with Crippen molar-refractivity contribution >= 4 is 11.0 Å². The minimum Gasteiger partial charge on any atom is -0.475 e. The number of piperidine rings is 1. The first-order valence-electron chi connectivity index (χ1n) is 9.12. The van der Waals surface area contributed by atoms with Crippen LogP contribution in [0, 0.1) is 5.92 Å². The van der Waals surface area contributed by atoms with Crippen LogP contribution in [0.15, 0.2) is 59.1 Å². The SMILES string of the molecule is c1ccc(CN2CCC(CCOc3noc4ccccc34)CC2)cc1. The molecule has 4 nitrogen and oxygen atoms in total. The van der Waals surface area contributed by atoms with E-state index in [4.69, 9.17) is 9.26 Å². The predicted octanol–water partition coefficient (Wildman–Crippen LogP) is 4.51. The summed E-state index contributed by atoms with van der Waals surface area (Å²) in [7, 11) is 0. The van der Waals surface area contributed by atoms with E-state index < -0.39 is 0 Å². The Morgan fingerprint density at radius 2 is 1.76 bits per heavy atom. The van der Waals surface area contributed by atoms with Crippen molar-refractivity contribution in [3.63, 3.8) is 0 Å². The standard InChI is InChI=1S/C21H24N2O2/c1-2-6-18(7-3-1)16-23-13-10-17(11-14-23)12-15-24-21-19-8-4-5-9-20(19)25-22-21/h1-9,17H,10-16H2. The highest BCUT2D eigenvalue weighted by Crippen LogP contribution is 2.26. The zero-order chi connectivity index (χ0) is 16.9. The lowest BCUT2D eigenvalue weighted by Crippen LogP contribution is -2.33. The van der Waals surface area contributed by atoms with Crippen LogP contribution in [0.4, 0.5) is 0 Å². The molecule has 0 unspecified atom stereocenters. The molecule has 0 atom stereocenters. The minimum absolute atomic E-state index is 0.622. The van der Waals surface area contributed by atoms with E-state index in [0.29, 0.717) is 12.5 Å². The third kappa shape index (κ3) is 4.02. The topological polar surface area (TPSA) is 38.5 Å². The summed E-state index contributed by atoms with van der Waals surface area (Å²) >= 11 is 0. The van der Waals surface area contributed by atoms with Gasteiger partial charge in [-0.3, -0.25) is 4.90 Å². The number of benzene rings is 2. The molecule has 1 saturated heterocycles. The Bertz CT molecular complexity index is 792. The van der Waals surface area contributed by atoms with Gasteiger partial charge in [0, 0.05) is 6.54 Å². The van der Waals surface area contributed by atoms with Crippen molar-refractivity contribution in [3.8, 4) is 5.88 Å². The molecule has 25 heavy (non-hydrogen) atoms. The number of fused-ring (bicyclic) bond motifs is 1. The van der Waals surface area contributed by atoms with Crippen LogP contribution in [-0.4, -0.2) is 29.8 Å². The van der Waals surface area contributed by atoms with E-state index in [9.17, 15) is 0 Å². The third-order valence-electron chi connectivity index (χ3n) is 5.07. The van der Waals surface area contributed by atoms with Gasteiger partial charge in [0.05, 0.1) is 12.0 Å². The second-order valence-electron chi connectivity index (χ2n) is 6.83. The lowest BCUT2D eigenvalue weighted by molar-refractivity contribution is 0.155. The molecule has 1 aliphatic rings. The van der Waals surface area contributed by atoms with Gasteiger partial charge in [-0.25, -0.2) is 0 Å². The molecular formula is C21H24N2O2. The highest BCUT2D eigenvalue weighted by atomic mass is 16.5. The normalized spacial score (nSPS) is 16.3. The van der Waals surface area contributed by atoms with Crippen LogP contribution in [0.2, 0.25) is 0 Å². The van der Waals surface area contributed by atoms with Crippen molar-refractivity contribution in [1.29, 1.82) is 0 Å². The zero-order valence-electron chi connectivity index (χ0n) is 14.4. The highest BCUT2D eigenvalue weighted by molar-refractivity contribution is 5.81. The van der Waals surface area contributed by atoms with E-state index in [1.807, 2.05) is 24.3 Å². The Hall–Kier alpha value is -2.33. The van der Waals surface area contributed by atoms with E-state index in [-0.39, 0.29) is 0 Å². The first-order valence-corrected chi connectivity index (χ1v) is 9.12. The van der Waals surface area contributed by atoms with Crippen LogP contribution in [0.5, 0.6) is 5.88 Å². The molecule has 4 rings (SSSR count). The van der Waals surface area contributed by atoms with E-state index in [1.54, 1.807) is 0 Å². The van der Waals surface area contributed by atoms with Gasteiger partial charge < -0.3 is 9.26 Å². The summed E-state index contributed by atoms with van der Waals surface area (Å²) in [6, 6.07) is 18.6. The summed E-state index contributed by atoms with van der Waals surface area (Å²) in [4.78, 5) is 2.55. The average molecular weight is 336 g/mol. The maximum atomic E-state index is 5.87. The monoisotopic (exact) mass is 336 g/mol. The summed E-state index contributed by atoms with van der Waals surface area (Å²) in [5.74, 6) is 1.36. The molecule has 1 fully saturated rings. The van der Waals surface area contributed by atoms with Gasteiger partial charge in [-0.2, -0.15) is 0 Å². The molecule has 1 aromatic heterocycles. The molecule has 0 N–H and O–H groups in total. The molecule has 0 amide bonds. The van der Waals surface area contributed by atoms with Gasteiger partial charge in [-0.05, 0) is 61.1 Å². The average Bonchev–Trinajstić information content (AvgIpc) is 3.07. The summed E-state index contributed by atoms with van der Waals surface area (Å²) in [6.07, 6.45) is 3.58. The smallest absolute Gasteiger partial charge is 0.262 e. The van der Waals surface area contributed by atoms with Crippen molar-refractivity contribution < 1.29 is 9.26 Å². The molecule has 0 aliphatic carbocycles. The van der Waals surface area contributed by atoms with Gasteiger partial charge >= 0.3 is 0 Å². The van der Waals surface area contributed by atoms with Gasteiger partial charge in [0.15, 0.2) is 5.58 Å². The fourth-order valence-electron chi connectivity index (χ4n) is 3.56. The van der Waals surface area contributed by atoms with Crippen LogP contribution >= 0.6 is 0 Å². The first kappa shape index (κ1) is 16.2. The number of likely N-dealkylation sites (tertiary alicyclic amines) is 1. The molecule has 0 radical (unpaired) electrons. The summed E-state index contributed by atoms with van der Waals surface area (Å²) in [6.45, 7) is 4.12. The van der Waals surface area contributed by atoms with Gasteiger partial charge in [0.2, 0.25) is 0 Å². The van der Waals surface area contributed by atoms with Crippen molar-refractivity contribution in [1.82, 2.24) is 10.1 Å². The van der Waals surface area contributed by atoms with E-state index in [2.05, 4.69) is 40.4 Å². The van der Waals surface area contributed by atoms with Gasteiger partial charge in [-0.15, -0.1) is 0 Å². The molecule has 2 aromatic carbocycles. The summed E-state index contributed by atoms with van der Waals surface area (Å²) < 4.78 is 11.1. The molecule has 4 heteroatoms. The molecular weight excluding hydrogens is 312 g/mol. The molecule has 0 saturated carbocycles. The molecule has 1 aliphatic heterocycles. The van der Waals surface area contributed by atoms with Crippen molar-refractivity contribution in [2.45, 2.75) is 25.8 Å². The Morgan fingerprint density at radius 3 is 2.60 bits per heavy atom. The fourth-order valence-corrected chi connectivity index (χ4v) is 3.56. The van der Waals surface area contributed by atoms with E-state index in [1.165, 1.54) is 31.5 Å². The van der Waals surface area contributed by atoms with Crippen LogP contribution < -0.4 is 4.74 Å². The number of nitrogens with zero attached hydrogens (tertiary/aromatic N) is 2. The largest absolute Gasteiger partial charge is 0.475 e. The quantitative estimate of drug-likeness (QED) is 0.664. The Kier molecular flexibility index (Phi) is 4.98. The lowest BCUT2D eigenvalue weighted by Gasteiger charge is -2.31. The predicted molar refractivity (Wildman–Crippen MR) is 98.6 cm³/mol. The molecule has 3 aromatic rings.